The molecule has 0 radical (unpaired) electrons. The summed E-state index contributed by atoms with van der Waals surface area (Å²) in [6, 6.07) is 21.7. The summed E-state index contributed by atoms with van der Waals surface area (Å²) >= 11 is 0. The van der Waals surface area contributed by atoms with Crippen LogP contribution < -0.4 is 11.0 Å². The molecule has 6 nitrogen and oxygen atoms in total. The second-order valence-electron chi connectivity index (χ2n) is 7.42. The smallest absolute Gasteiger partial charge is 0.351 e. The molecule has 0 bridgehead atoms. The van der Waals surface area contributed by atoms with E-state index >= 15 is 0 Å². The Labute approximate surface area is 175 Å². The molecule has 4 aromatic rings. The highest BCUT2D eigenvalue weighted by molar-refractivity contribution is 5.92. The Morgan fingerprint density at radius 1 is 1.10 bits per heavy atom. The zero-order valence-electron chi connectivity index (χ0n) is 17.0. The van der Waals surface area contributed by atoms with Gasteiger partial charge in [0.25, 0.3) is 0 Å². The second kappa shape index (κ2) is 8.97. The maximum absolute atomic E-state index is 12.7. The minimum Gasteiger partial charge on any atom is -0.394 e. The molecule has 0 aliphatic carbocycles. The minimum absolute atomic E-state index is 0.0634. The molecule has 0 amide bonds. The van der Waals surface area contributed by atoms with E-state index in [-0.39, 0.29) is 18.3 Å². The number of aromatic amines is 1. The van der Waals surface area contributed by atoms with Crippen molar-refractivity contribution < 1.29 is 5.11 Å². The number of hydrogen-bond donors (Lipinski definition) is 3. The van der Waals surface area contributed by atoms with Crippen molar-refractivity contribution in [3.05, 3.63) is 82.8 Å². The number of nitrogens with zero attached hydrogens (tertiary/aromatic N) is 2. The van der Waals surface area contributed by atoms with Crippen LogP contribution in [0.2, 0.25) is 0 Å². The van der Waals surface area contributed by atoms with E-state index in [1.807, 2.05) is 73.7 Å². The molecule has 0 aliphatic heterocycles. The van der Waals surface area contributed by atoms with Gasteiger partial charge in [-0.15, -0.1) is 0 Å². The standard InChI is InChI=1S/C24H26N4O2/c1-2-13-28-23-20(15-21(26-23)18-11-7-4-8-12-18)22(27-24(28)30)25-19(16-29)14-17-9-5-3-6-10-17/h3-12,15,19,26,29H,2,13-14,16H2,1H3,(H,25,27,30)/t19-/m1/s1. The Bertz CT molecular complexity index is 1170. The maximum Gasteiger partial charge on any atom is 0.351 e. The van der Waals surface area contributed by atoms with Crippen molar-refractivity contribution in [3.63, 3.8) is 0 Å². The minimum atomic E-state index is -0.301. The SMILES string of the molecule is CCCn1c(=O)nc(N[C@@H](CO)Cc2ccccc2)c2cc(-c3ccccc3)[nH]c21. The highest BCUT2D eigenvalue weighted by Gasteiger charge is 2.17. The summed E-state index contributed by atoms with van der Waals surface area (Å²) in [4.78, 5) is 20.5. The first-order valence-corrected chi connectivity index (χ1v) is 10.3. The summed E-state index contributed by atoms with van der Waals surface area (Å²) in [6.07, 6.45) is 1.46. The van der Waals surface area contributed by atoms with E-state index in [2.05, 4.69) is 15.3 Å². The van der Waals surface area contributed by atoms with Crippen LogP contribution in [-0.4, -0.2) is 32.3 Å². The molecule has 30 heavy (non-hydrogen) atoms. The molecule has 0 saturated heterocycles. The third kappa shape index (κ3) is 4.14. The molecule has 0 unspecified atom stereocenters. The summed E-state index contributed by atoms with van der Waals surface area (Å²) < 4.78 is 1.68. The van der Waals surface area contributed by atoms with E-state index in [4.69, 9.17) is 0 Å². The van der Waals surface area contributed by atoms with Crippen molar-refractivity contribution >= 4 is 16.9 Å². The number of aliphatic hydroxyl groups excluding tert-OH is 1. The van der Waals surface area contributed by atoms with Crippen LogP contribution in [0.15, 0.2) is 71.5 Å². The van der Waals surface area contributed by atoms with Crippen LogP contribution >= 0.6 is 0 Å². The van der Waals surface area contributed by atoms with Crippen molar-refractivity contribution in [1.29, 1.82) is 0 Å². The molecule has 0 saturated carbocycles. The van der Waals surface area contributed by atoms with Crippen molar-refractivity contribution in [3.8, 4) is 11.3 Å². The fraction of sp³-hybridized carbons (Fsp3) is 0.250. The maximum atomic E-state index is 12.7. The van der Waals surface area contributed by atoms with Crippen LogP contribution in [0, 0.1) is 0 Å². The van der Waals surface area contributed by atoms with Crippen LogP contribution in [0.25, 0.3) is 22.3 Å². The summed E-state index contributed by atoms with van der Waals surface area (Å²) in [5.41, 5.74) is 3.52. The van der Waals surface area contributed by atoms with Crippen LogP contribution in [0.3, 0.4) is 0 Å². The lowest BCUT2D eigenvalue weighted by Gasteiger charge is -2.18. The van der Waals surface area contributed by atoms with Crippen molar-refractivity contribution in [1.82, 2.24) is 14.5 Å². The van der Waals surface area contributed by atoms with Gasteiger partial charge >= 0.3 is 5.69 Å². The van der Waals surface area contributed by atoms with Gasteiger partial charge in [-0.1, -0.05) is 67.6 Å². The quantitative estimate of drug-likeness (QED) is 0.418. The van der Waals surface area contributed by atoms with E-state index in [0.717, 1.165) is 34.3 Å². The number of benzene rings is 2. The molecule has 2 aromatic carbocycles. The van der Waals surface area contributed by atoms with E-state index in [1.165, 1.54) is 0 Å². The molecule has 0 fully saturated rings. The molecule has 2 heterocycles. The number of fused-ring (bicyclic) bond motifs is 1. The average Bonchev–Trinajstić information content (AvgIpc) is 3.23. The molecule has 6 heteroatoms. The Hall–Kier alpha value is -3.38. The lowest BCUT2D eigenvalue weighted by Crippen LogP contribution is -2.30. The van der Waals surface area contributed by atoms with Crippen LogP contribution in [0.5, 0.6) is 0 Å². The van der Waals surface area contributed by atoms with Gasteiger partial charge in [0, 0.05) is 12.2 Å². The molecule has 154 valence electrons. The molecule has 0 spiro atoms. The number of rotatable bonds is 8. The number of aromatic nitrogens is 3. The van der Waals surface area contributed by atoms with E-state index in [1.54, 1.807) is 4.57 Å². The first kappa shape index (κ1) is 19.9. The fourth-order valence-electron chi connectivity index (χ4n) is 3.72. The molecular formula is C24H26N4O2. The normalized spacial score (nSPS) is 12.2. The molecular weight excluding hydrogens is 376 g/mol. The van der Waals surface area contributed by atoms with Crippen LogP contribution in [-0.2, 0) is 13.0 Å². The zero-order chi connectivity index (χ0) is 20.9. The Kier molecular flexibility index (Phi) is 5.95. The zero-order valence-corrected chi connectivity index (χ0v) is 17.0. The number of H-pyrrole nitrogens is 1. The third-order valence-electron chi connectivity index (χ3n) is 5.18. The van der Waals surface area contributed by atoms with E-state index in [0.29, 0.717) is 18.8 Å². The van der Waals surface area contributed by atoms with Gasteiger partial charge in [-0.2, -0.15) is 4.98 Å². The first-order valence-electron chi connectivity index (χ1n) is 10.3. The highest BCUT2D eigenvalue weighted by Crippen LogP contribution is 2.27. The van der Waals surface area contributed by atoms with Gasteiger partial charge in [0.2, 0.25) is 0 Å². The van der Waals surface area contributed by atoms with Crippen LogP contribution in [0.1, 0.15) is 18.9 Å². The Morgan fingerprint density at radius 2 is 1.80 bits per heavy atom. The molecule has 4 rings (SSSR count). The molecule has 3 N–H and O–H groups in total. The first-order chi connectivity index (χ1) is 14.7. The predicted octanol–water partition coefficient (Wildman–Crippen LogP) is 3.82. The number of hydrogen-bond acceptors (Lipinski definition) is 4. The van der Waals surface area contributed by atoms with Crippen molar-refractivity contribution in [2.75, 3.05) is 11.9 Å². The van der Waals surface area contributed by atoms with Gasteiger partial charge in [-0.05, 0) is 30.0 Å². The Morgan fingerprint density at radius 3 is 2.47 bits per heavy atom. The predicted molar refractivity (Wildman–Crippen MR) is 121 cm³/mol. The van der Waals surface area contributed by atoms with Crippen LogP contribution in [0.4, 0.5) is 5.82 Å². The number of aryl methyl sites for hydroxylation is 1. The topological polar surface area (TPSA) is 82.9 Å². The van der Waals surface area contributed by atoms with Gasteiger partial charge in [-0.25, -0.2) is 4.79 Å². The van der Waals surface area contributed by atoms with Gasteiger partial charge in [0.05, 0.1) is 18.0 Å². The van der Waals surface area contributed by atoms with Crippen molar-refractivity contribution in [2.45, 2.75) is 32.4 Å². The highest BCUT2D eigenvalue weighted by atomic mass is 16.3. The van der Waals surface area contributed by atoms with Gasteiger partial charge in [-0.3, -0.25) is 4.57 Å². The number of nitrogens with one attached hydrogen (secondary N) is 2. The second-order valence-corrected chi connectivity index (χ2v) is 7.42. The largest absolute Gasteiger partial charge is 0.394 e. The molecule has 2 aromatic heterocycles. The number of aliphatic hydroxyl groups is 1. The lowest BCUT2D eigenvalue weighted by atomic mass is 10.1. The van der Waals surface area contributed by atoms with Gasteiger partial charge in [0.1, 0.15) is 11.5 Å². The Balaban J connectivity index is 1.76. The fourth-order valence-corrected chi connectivity index (χ4v) is 3.72. The average molecular weight is 402 g/mol. The monoisotopic (exact) mass is 402 g/mol. The van der Waals surface area contributed by atoms with E-state index in [9.17, 15) is 9.90 Å². The summed E-state index contributed by atoms with van der Waals surface area (Å²) in [5, 5.41) is 14.1. The lowest BCUT2D eigenvalue weighted by molar-refractivity contribution is 0.273. The van der Waals surface area contributed by atoms with Gasteiger partial charge < -0.3 is 15.4 Å². The van der Waals surface area contributed by atoms with E-state index < -0.39 is 0 Å². The van der Waals surface area contributed by atoms with Gasteiger partial charge in [0.15, 0.2) is 0 Å². The molecule has 1 atom stereocenters. The number of anilines is 1. The summed E-state index contributed by atoms with van der Waals surface area (Å²) in [7, 11) is 0. The molecule has 0 aliphatic rings. The summed E-state index contributed by atoms with van der Waals surface area (Å²) in [6.45, 7) is 2.56. The third-order valence-corrected chi connectivity index (χ3v) is 5.18. The van der Waals surface area contributed by atoms with Crippen molar-refractivity contribution in [2.24, 2.45) is 0 Å². The summed E-state index contributed by atoms with van der Waals surface area (Å²) in [5.74, 6) is 0.496.